The van der Waals surface area contributed by atoms with Gasteiger partial charge in [-0.25, -0.2) is 9.97 Å². The molecular formula is C9H12N2O3. The number of aromatic nitrogens is 2. The van der Waals surface area contributed by atoms with E-state index >= 15 is 0 Å². The largest absolute Gasteiger partial charge is 0.392 e. The zero-order valence-electron chi connectivity index (χ0n) is 7.72. The van der Waals surface area contributed by atoms with Gasteiger partial charge in [-0.1, -0.05) is 0 Å². The molecular weight excluding hydrogens is 184 g/mol. The average Bonchev–Trinajstić information content (AvgIpc) is 2.30. The fourth-order valence-corrected chi connectivity index (χ4v) is 1.25. The van der Waals surface area contributed by atoms with Crippen molar-refractivity contribution >= 4 is 0 Å². The number of ether oxygens (including phenoxy) is 2. The van der Waals surface area contributed by atoms with Crippen molar-refractivity contribution in [2.24, 2.45) is 0 Å². The number of aliphatic hydroxyl groups excluding tert-OH is 1. The first-order chi connectivity index (χ1) is 6.90. The Kier molecular flexibility index (Phi) is 3.03. The molecule has 1 N–H and O–H groups in total. The molecule has 0 saturated carbocycles. The summed E-state index contributed by atoms with van der Waals surface area (Å²) in [5.41, 5.74) is 0.700. The lowest BCUT2D eigenvalue weighted by Gasteiger charge is -2.21. The van der Waals surface area contributed by atoms with Gasteiger partial charge in [0, 0.05) is 18.0 Å². The van der Waals surface area contributed by atoms with Gasteiger partial charge in [-0.15, -0.1) is 0 Å². The van der Waals surface area contributed by atoms with Crippen molar-refractivity contribution < 1.29 is 14.6 Å². The summed E-state index contributed by atoms with van der Waals surface area (Å²) in [5.74, 6) is 0.613. The molecule has 2 heterocycles. The third kappa shape index (κ3) is 2.06. The predicted molar refractivity (Wildman–Crippen MR) is 47.5 cm³/mol. The van der Waals surface area contributed by atoms with Gasteiger partial charge >= 0.3 is 0 Å². The number of nitrogens with zero attached hydrogens (tertiary/aromatic N) is 2. The second kappa shape index (κ2) is 4.45. The molecule has 1 aliphatic heterocycles. The van der Waals surface area contributed by atoms with Crippen molar-refractivity contribution in [3.05, 3.63) is 23.8 Å². The van der Waals surface area contributed by atoms with Crippen LogP contribution in [0, 0.1) is 0 Å². The van der Waals surface area contributed by atoms with Crippen LogP contribution in [0.4, 0.5) is 0 Å². The van der Waals surface area contributed by atoms with E-state index in [-0.39, 0.29) is 12.7 Å². The predicted octanol–water partition coefficient (Wildman–Crippen LogP) is 0.0568. The van der Waals surface area contributed by atoms with E-state index in [2.05, 4.69) is 9.97 Å². The Morgan fingerprint density at radius 3 is 2.71 bits per heavy atom. The van der Waals surface area contributed by atoms with Gasteiger partial charge in [-0.2, -0.15) is 0 Å². The Morgan fingerprint density at radius 2 is 2.14 bits per heavy atom. The first-order valence-electron chi connectivity index (χ1n) is 4.51. The number of hydrogen-bond acceptors (Lipinski definition) is 5. The van der Waals surface area contributed by atoms with Gasteiger partial charge in [0.2, 0.25) is 0 Å². The van der Waals surface area contributed by atoms with Gasteiger partial charge in [-0.3, -0.25) is 0 Å². The Balaban J connectivity index is 2.07. The molecule has 1 aromatic heterocycles. The zero-order chi connectivity index (χ0) is 9.80. The molecule has 1 saturated heterocycles. The molecule has 1 aromatic rings. The van der Waals surface area contributed by atoms with Gasteiger partial charge in [-0.05, 0) is 0 Å². The summed E-state index contributed by atoms with van der Waals surface area (Å²) in [6.45, 7) is 1.67. The van der Waals surface area contributed by atoms with E-state index in [1.54, 1.807) is 12.4 Å². The Morgan fingerprint density at radius 1 is 1.36 bits per heavy atom. The third-order valence-electron chi connectivity index (χ3n) is 2.01. The highest BCUT2D eigenvalue weighted by atomic mass is 16.6. The first-order valence-corrected chi connectivity index (χ1v) is 4.51. The molecule has 1 atom stereocenters. The van der Waals surface area contributed by atoms with Gasteiger partial charge in [0.1, 0.15) is 6.10 Å². The lowest BCUT2D eigenvalue weighted by atomic mass is 10.3. The number of hydrogen-bond donors (Lipinski definition) is 1. The Bertz CT molecular complexity index is 283. The molecule has 1 aliphatic rings. The van der Waals surface area contributed by atoms with Crippen LogP contribution >= 0.6 is 0 Å². The molecule has 5 nitrogen and oxygen atoms in total. The molecule has 2 rings (SSSR count). The average molecular weight is 196 g/mol. The minimum atomic E-state index is -0.170. The molecule has 1 fully saturated rings. The number of aliphatic hydroxyl groups is 1. The number of rotatable bonds is 2. The van der Waals surface area contributed by atoms with Crippen molar-refractivity contribution in [1.82, 2.24) is 9.97 Å². The van der Waals surface area contributed by atoms with Crippen LogP contribution in [0.5, 0.6) is 0 Å². The molecule has 0 aromatic carbocycles. The molecule has 5 heteroatoms. The van der Waals surface area contributed by atoms with E-state index in [1.807, 2.05) is 0 Å². The van der Waals surface area contributed by atoms with Crippen LogP contribution in [-0.2, 0) is 16.1 Å². The molecule has 0 spiro atoms. The molecule has 0 aliphatic carbocycles. The smallest absolute Gasteiger partial charge is 0.159 e. The quantitative estimate of drug-likeness (QED) is 0.724. The fourth-order valence-electron chi connectivity index (χ4n) is 1.25. The summed E-state index contributed by atoms with van der Waals surface area (Å²) in [7, 11) is 0. The van der Waals surface area contributed by atoms with Crippen LogP contribution in [0.3, 0.4) is 0 Å². The lowest BCUT2D eigenvalue weighted by Crippen LogP contribution is -2.23. The zero-order valence-corrected chi connectivity index (χ0v) is 7.72. The topological polar surface area (TPSA) is 64.5 Å². The summed E-state index contributed by atoms with van der Waals surface area (Å²) >= 11 is 0. The van der Waals surface area contributed by atoms with E-state index in [9.17, 15) is 0 Å². The Hall–Kier alpha value is -1.04. The summed E-state index contributed by atoms with van der Waals surface area (Å²) in [6, 6.07) is 0. The second-order valence-electron chi connectivity index (χ2n) is 3.04. The van der Waals surface area contributed by atoms with Gasteiger partial charge in [0.25, 0.3) is 0 Å². The van der Waals surface area contributed by atoms with Gasteiger partial charge in [0.05, 0.1) is 26.4 Å². The second-order valence-corrected chi connectivity index (χ2v) is 3.04. The van der Waals surface area contributed by atoms with Crippen molar-refractivity contribution in [1.29, 1.82) is 0 Å². The van der Waals surface area contributed by atoms with Crippen molar-refractivity contribution in [2.45, 2.75) is 12.7 Å². The minimum Gasteiger partial charge on any atom is -0.392 e. The minimum absolute atomic E-state index is 0.0394. The van der Waals surface area contributed by atoms with E-state index in [0.29, 0.717) is 31.2 Å². The molecule has 76 valence electrons. The molecule has 0 amide bonds. The maximum Gasteiger partial charge on any atom is 0.159 e. The first kappa shape index (κ1) is 9.51. The Labute approximate surface area is 81.7 Å². The van der Waals surface area contributed by atoms with Crippen molar-refractivity contribution in [3.63, 3.8) is 0 Å². The van der Waals surface area contributed by atoms with Gasteiger partial charge in [0.15, 0.2) is 5.82 Å². The van der Waals surface area contributed by atoms with E-state index < -0.39 is 0 Å². The molecule has 14 heavy (non-hydrogen) atoms. The lowest BCUT2D eigenvalue weighted by molar-refractivity contribution is -0.0935. The maximum absolute atomic E-state index is 8.80. The van der Waals surface area contributed by atoms with E-state index in [1.165, 1.54) is 0 Å². The highest BCUT2D eigenvalue weighted by Crippen LogP contribution is 2.16. The van der Waals surface area contributed by atoms with Crippen LogP contribution in [0.15, 0.2) is 12.4 Å². The van der Waals surface area contributed by atoms with Crippen LogP contribution < -0.4 is 0 Å². The van der Waals surface area contributed by atoms with Crippen LogP contribution in [-0.4, -0.2) is 34.9 Å². The summed E-state index contributed by atoms with van der Waals surface area (Å²) in [5, 5.41) is 8.80. The van der Waals surface area contributed by atoms with Crippen LogP contribution in [0.2, 0.25) is 0 Å². The van der Waals surface area contributed by atoms with Crippen molar-refractivity contribution in [3.8, 4) is 0 Å². The van der Waals surface area contributed by atoms with Gasteiger partial charge < -0.3 is 14.6 Å². The SMILES string of the molecule is OCc1cnc(C2COCCO2)nc1. The fraction of sp³-hybridized carbons (Fsp3) is 0.556. The molecule has 1 unspecified atom stereocenters. The van der Waals surface area contributed by atoms with Crippen molar-refractivity contribution in [2.75, 3.05) is 19.8 Å². The van der Waals surface area contributed by atoms with E-state index in [4.69, 9.17) is 14.6 Å². The van der Waals surface area contributed by atoms with Crippen LogP contribution in [0.25, 0.3) is 0 Å². The van der Waals surface area contributed by atoms with Crippen LogP contribution in [0.1, 0.15) is 17.5 Å². The molecule has 0 radical (unpaired) electrons. The highest BCUT2D eigenvalue weighted by molar-refractivity contribution is 5.05. The van der Waals surface area contributed by atoms with E-state index in [0.717, 1.165) is 0 Å². The maximum atomic E-state index is 8.80. The monoisotopic (exact) mass is 196 g/mol. The summed E-state index contributed by atoms with van der Waals surface area (Å²) < 4.78 is 10.7. The normalized spacial score (nSPS) is 22.2. The third-order valence-corrected chi connectivity index (χ3v) is 2.01. The highest BCUT2D eigenvalue weighted by Gasteiger charge is 2.18. The molecule has 0 bridgehead atoms. The summed E-state index contributed by atoms with van der Waals surface area (Å²) in [6.07, 6.45) is 3.03. The summed E-state index contributed by atoms with van der Waals surface area (Å²) in [4.78, 5) is 8.19. The standard InChI is InChI=1S/C9H12N2O3/c12-5-7-3-10-9(11-4-7)8-6-13-1-2-14-8/h3-4,8,12H,1-2,5-6H2.